The molecule has 2 aromatic rings. The standard InChI is InChI=1S/C13H14ClFN2S/c1-2-4-10-11(7-16)18-13(17-10)8-5-3-6-9(14)12(8)15/h3,5-6H,2,4,7,16H2,1H3. The zero-order valence-electron chi connectivity index (χ0n) is 10.0. The van der Waals surface area contributed by atoms with Gasteiger partial charge in [0.25, 0.3) is 0 Å². The molecule has 1 aromatic heterocycles. The highest BCUT2D eigenvalue weighted by Crippen LogP contribution is 2.32. The van der Waals surface area contributed by atoms with Gasteiger partial charge in [0.1, 0.15) is 5.01 Å². The zero-order valence-corrected chi connectivity index (χ0v) is 11.6. The predicted octanol–water partition coefficient (Wildman–Crippen LogP) is 4.01. The number of nitrogens with two attached hydrogens (primary N) is 1. The van der Waals surface area contributed by atoms with E-state index in [-0.39, 0.29) is 5.02 Å². The Hall–Kier alpha value is -0.970. The third kappa shape index (κ3) is 2.55. The van der Waals surface area contributed by atoms with Gasteiger partial charge < -0.3 is 5.73 Å². The quantitative estimate of drug-likeness (QED) is 0.921. The minimum absolute atomic E-state index is 0.119. The number of nitrogens with zero attached hydrogens (tertiary/aromatic N) is 1. The molecule has 0 amide bonds. The van der Waals surface area contributed by atoms with Crippen LogP contribution in [0.5, 0.6) is 0 Å². The fraction of sp³-hybridized carbons (Fsp3) is 0.308. The van der Waals surface area contributed by atoms with Gasteiger partial charge in [-0.2, -0.15) is 0 Å². The Kier molecular flexibility index (Phi) is 4.32. The van der Waals surface area contributed by atoms with Crippen LogP contribution in [0.1, 0.15) is 23.9 Å². The van der Waals surface area contributed by atoms with Crippen LogP contribution in [0, 0.1) is 5.82 Å². The number of hydrogen-bond donors (Lipinski definition) is 1. The number of aromatic nitrogens is 1. The molecular weight excluding hydrogens is 271 g/mol. The van der Waals surface area contributed by atoms with E-state index < -0.39 is 5.82 Å². The van der Waals surface area contributed by atoms with Gasteiger partial charge >= 0.3 is 0 Å². The molecule has 0 saturated heterocycles. The Labute approximate surface area is 115 Å². The number of hydrogen-bond acceptors (Lipinski definition) is 3. The molecule has 2 N–H and O–H groups in total. The summed E-state index contributed by atoms with van der Waals surface area (Å²) in [7, 11) is 0. The second-order valence-corrected chi connectivity index (χ2v) is 5.44. The van der Waals surface area contributed by atoms with Gasteiger partial charge in [-0.3, -0.25) is 0 Å². The maximum Gasteiger partial charge on any atom is 0.152 e. The highest BCUT2D eigenvalue weighted by Gasteiger charge is 2.15. The molecule has 0 bridgehead atoms. The molecule has 0 saturated carbocycles. The Morgan fingerprint density at radius 2 is 2.22 bits per heavy atom. The number of halogens is 2. The number of aryl methyl sites for hydroxylation is 1. The summed E-state index contributed by atoms with van der Waals surface area (Å²) < 4.78 is 13.9. The Morgan fingerprint density at radius 1 is 1.44 bits per heavy atom. The van der Waals surface area contributed by atoms with Crippen molar-refractivity contribution in [1.29, 1.82) is 0 Å². The van der Waals surface area contributed by atoms with E-state index in [9.17, 15) is 4.39 Å². The number of rotatable bonds is 4. The van der Waals surface area contributed by atoms with Crippen molar-refractivity contribution in [2.45, 2.75) is 26.3 Å². The van der Waals surface area contributed by atoms with Crippen molar-refractivity contribution < 1.29 is 4.39 Å². The molecule has 1 heterocycles. The fourth-order valence-corrected chi connectivity index (χ4v) is 2.94. The van der Waals surface area contributed by atoms with Gasteiger partial charge in [0.2, 0.25) is 0 Å². The maximum atomic E-state index is 13.9. The van der Waals surface area contributed by atoms with E-state index in [0.717, 1.165) is 23.4 Å². The first-order valence-electron chi connectivity index (χ1n) is 5.80. The summed E-state index contributed by atoms with van der Waals surface area (Å²) in [6.07, 6.45) is 1.86. The molecule has 0 unspecified atom stereocenters. The van der Waals surface area contributed by atoms with Gasteiger partial charge in [-0.15, -0.1) is 11.3 Å². The molecule has 96 valence electrons. The van der Waals surface area contributed by atoms with Crippen molar-refractivity contribution in [2.75, 3.05) is 0 Å². The molecule has 0 spiro atoms. The molecule has 0 aliphatic carbocycles. The van der Waals surface area contributed by atoms with E-state index in [2.05, 4.69) is 11.9 Å². The van der Waals surface area contributed by atoms with Crippen molar-refractivity contribution in [2.24, 2.45) is 5.73 Å². The summed E-state index contributed by atoms with van der Waals surface area (Å²) in [5.41, 5.74) is 7.11. The predicted molar refractivity (Wildman–Crippen MR) is 74.4 cm³/mol. The van der Waals surface area contributed by atoms with Crippen LogP contribution in [-0.4, -0.2) is 4.98 Å². The zero-order chi connectivity index (χ0) is 13.1. The first kappa shape index (κ1) is 13.5. The van der Waals surface area contributed by atoms with Crippen LogP contribution in [0.3, 0.4) is 0 Å². The minimum Gasteiger partial charge on any atom is -0.326 e. The summed E-state index contributed by atoms with van der Waals surface area (Å²) in [5.74, 6) is -0.417. The molecule has 0 atom stereocenters. The van der Waals surface area contributed by atoms with Crippen LogP contribution < -0.4 is 5.73 Å². The van der Waals surface area contributed by atoms with Crippen LogP contribution in [0.15, 0.2) is 18.2 Å². The second-order valence-electron chi connectivity index (χ2n) is 3.94. The monoisotopic (exact) mass is 284 g/mol. The van der Waals surface area contributed by atoms with E-state index in [1.807, 2.05) is 0 Å². The Morgan fingerprint density at radius 3 is 2.89 bits per heavy atom. The van der Waals surface area contributed by atoms with Crippen molar-refractivity contribution in [3.8, 4) is 10.6 Å². The fourth-order valence-electron chi connectivity index (χ4n) is 1.76. The SMILES string of the molecule is CCCc1nc(-c2cccc(Cl)c2F)sc1CN. The smallest absolute Gasteiger partial charge is 0.152 e. The van der Waals surface area contributed by atoms with Crippen LogP contribution in [-0.2, 0) is 13.0 Å². The molecule has 1 aromatic carbocycles. The van der Waals surface area contributed by atoms with E-state index in [1.54, 1.807) is 12.1 Å². The van der Waals surface area contributed by atoms with E-state index >= 15 is 0 Å². The van der Waals surface area contributed by atoms with Crippen molar-refractivity contribution in [3.05, 3.63) is 39.6 Å². The summed E-state index contributed by atoms with van der Waals surface area (Å²) in [6, 6.07) is 4.95. The molecule has 0 aliphatic heterocycles. The lowest BCUT2D eigenvalue weighted by atomic mass is 10.2. The highest BCUT2D eigenvalue weighted by atomic mass is 35.5. The van der Waals surface area contributed by atoms with Crippen molar-refractivity contribution >= 4 is 22.9 Å². The Bertz CT molecular complexity index is 554. The van der Waals surface area contributed by atoms with E-state index in [1.165, 1.54) is 17.4 Å². The van der Waals surface area contributed by atoms with Crippen molar-refractivity contribution in [1.82, 2.24) is 4.98 Å². The average molecular weight is 285 g/mol. The van der Waals surface area contributed by atoms with Gasteiger partial charge in [0.15, 0.2) is 5.82 Å². The number of benzene rings is 1. The van der Waals surface area contributed by atoms with E-state index in [0.29, 0.717) is 17.1 Å². The van der Waals surface area contributed by atoms with E-state index in [4.69, 9.17) is 17.3 Å². The Balaban J connectivity index is 2.47. The lowest BCUT2D eigenvalue weighted by Gasteiger charge is -2.00. The molecular formula is C13H14ClFN2S. The molecule has 0 radical (unpaired) electrons. The van der Waals surface area contributed by atoms with Gasteiger partial charge in [-0.1, -0.05) is 31.0 Å². The first-order chi connectivity index (χ1) is 8.67. The van der Waals surface area contributed by atoms with Crippen molar-refractivity contribution in [3.63, 3.8) is 0 Å². The molecule has 0 fully saturated rings. The summed E-state index contributed by atoms with van der Waals surface area (Å²) in [6.45, 7) is 2.52. The van der Waals surface area contributed by atoms with Crippen LogP contribution in [0.2, 0.25) is 5.02 Å². The highest BCUT2D eigenvalue weighted by molar-refractivity contribution is 7.15. The third-order valence-corrected chi connectivity index (χ3v) is 4.08. The molecule has 18 heavy (non-hydrogen) atoms. The molecule has 2 nitrogen and oxygen atoms in total. The molecule has 5 heteroatoms. The summed E-state index contributed by atoms with van der Waals surface area (Å²) >= 11 is 7.22. The molecule has 0 aliphatic rings. The summed E-state index contributed by atoms with van der Waals surface area (Å²) in [4.78, 5) is 5.50. The normalized spacial score (nSPS) is 10.9. The van der Waals surface area contributed by atoms with Gasteiger partial charge in [-0.25, -0.2) is 9.37 Å². The minimum atomic E-state index is -0.417. The van der Waals surface area contributed by atoms with Gasteiger partial charge in [0.05, 0.1) is 10.7 Å². The maximum absolute atomic E-state index is 13.9. The van der Waals surface area contributed by atoms with Crippen LogP contribution in [0.4, 0.5) is 4.39 Å². The largest absolute Gasteiger partial charge is 0.326 e. The van der Waals surface area contributed by atoms with Crippen LogP contribution in [0.25, 0.3) is 10.6 Å². The number of thiazole rings is 1. The molecule has 2 rings (SSSR count). The third-order valence-electron chi connectivity index (χ3n) is 2.63. The van der Waals surface area contributed by atoms with Gasteiger partial charge in [-0.05, 0) is 18.6 Å². The summed E-state index contributed by atoms with van der Waals surface area (Å²) in [5, 5.41) is 0.771. The topological polar surface area (TPSA) is 38.9 Å². The van der Waals surface area contributed by atoms with Crippen LogP contribution >= 0.6 is 22.9 Å². The second kappa shape index (κ2) is 5.78. The lowest BCUT2D eigenvalue weighted by molar-refractivity contribution is 0.631. The average Bonchev–Trinajstić information content (AvgIpc) is 2.76. The first-order valence-corrected chi connectivity index (χ1v) is 6.99. The van der Waals surface area contributed by atoms with Gasteiger partial charge in [0, 0.05) is 17.0 Å². The lowest BCUT2D eigenvalue weighted by Crippen LogP contribution is -1.97.